The number of sulfone groups is 1. The number of carboxylic acid groups (broad SMARTS) is 1. The maximum atomic E-state index is 11.8. The van der Waals surface area contributed by atoms with Crippen LogP contribution in [0, 0.1) is 5.92 Å². The molecule has 6 nitrogen and oxygen atoms in total. The molecule has 1 N–H and O–H groups in total. The van der Waals surface area contributed by atoms with E-state index < -0.39 is 32.9 Å². The van der Waals surface area contributed by atoms with Crippen molar-refractivity contribution in [3.8, 4) is 0 Å². The van der Waals surface area contributed by atoms with Gasteiger partial charge < -0.3 is 10.0 Å². The Hall–Kier alpha value is -1.11. The van der Waals surface area contributed by atoms with Crippen molar-refractivity contribution < 1.29 is 23.1 Å². The Labute approximate surface area is 101 Å². The number of hydrogen-bond acceptors (Lipinski definition) is 4. The monoisotopic (exact) mass is 263 g/mol. The molecule has 1 unspecified atom stereocenters. The molecule has 1 aliphatic rings. The second-order valence-corrected chi connectivity index (χ2v) is 6.78. The Morgan fingerprint density at radius 3 is 2.12 bits per heavy atom. The third kappa shape index (κ3) is 3.42. The summed E-state index contributed by atoms with van der Waals surface area (Å²) in [5.74, 6) is -1.71. The van der Waals surface area contributed by atoms with Gasteiger partial charge in [-0.25, -0.2) is 8.42 Å². The van der Waals surface area contributed by atoms with E-state index in [1.165, 1.54) is 11.8 Å². The summed E-state index contributed by atoms with van der Waals surface area (Å²) in [6, 6.07) is 0. The number of carbonyl (C=O) groups excluding carboxylic acids is 1. The number of carboxylic acids is 1. The summed E-state index contributed by atoms with van der Waals surface area (Å²) in [5.41, 5.74) is 0. The number of piperidine rings is 1. The first kappa shape index (κ1) is 14.0. The number of carbonyl (C=O) groups is 2. The van der Waals surface area contributed by atoms with E-state index in [2.05, 4.69) is 0 Å². The average molecular weight is 263 g/mol. The Bertz CT molecular complexity index is 408. The topological polar surface area (TPSA) is 91.8 Å². The van der Waals surface area contributed by atoms with Gasteiger partial charge in [-0.1, -0.05) is 0 Å². The van der Waals surface area contributed by atoms with E-state index >= 15 is 0 Å². The van der Waals surface area contributed by atoms with Crippen molar-refractivity contribution >= 4 is 21.7 Å². The number of hydrogen-bond donors (Lipinski definition) is 1. The highest BCUT2D eigenvalue weighted by molar-refractivity contribution is 7.92. The first-order chi connectivity index (χ1) is 7.73. The zero-order valence-electron chi connectivity index (χ0n) is 9.92. The normalized spacial score (nSPS) is 20.0. The molecule has 98 valence electrons. The summed E-state index contributed by atoms with van der Waals surface area (Å²) in [7, 11) is -3.39. The predicted octanol–water partition coefficient (Wildman–Crippen LogP) is -0.257. The summed E-state index contributed by atoms with van der Waals surface area (Å²) in [5, 5.41) is 7.75. The fourth-order valence-corrected chi connectivity index (χ4v) is 2.30. The molecule has 0 spiro atoms. The van der Waals surface area contributed by atoms with Crippen molar-refractivity contribution in [2.24, 2.45) is 5.92 Å². The van der Waals surface area contributed by atoms with Crippen molar-refractivity contribution in [1.82, 2.24) is 4.90 Å². The molecule has 0 bridgehead atoms. The molecule has 0 radical (unpaired) electrons. The molecule has 0 aromatic carbocycles. The molecule has 1 heterocycles. The highest BCUT2D eigenvalue weighted by Crippen LogP contribution is 2.18. The third-order valence-corrected chi connectivity index (χ3v) is 4.63. The van der Waals surface area contributed by atoms with Crippen LogP contribution >= 0.6 is 0 Å². The molecule has 1 atom stereocenters. The lowest BCUT2D eigenvalue weighted by Crippen LogP contribution is -2.46. The number of aliphatic carboxylic acids is 1. The molecule has 1 fully saturated rings. The average Bonchev–Trinajstić information content (AvgIpc) is 2.26. The van der Waals surface area contributed by atoms with Gasteiger partial charge >= 0.3 is 5.97 Å². The fourth-order valence-electron chi connectivity index (χ4n) is 1.79. The van der Waals surface area contributed by atoms with Crippen molar-refractivity contribution in [1.29, 1.82) is 0 Å². The molecule has 0 aliphatic carbocycles. The quantitative estimate of drug-likeness (QED) is 0.757. The fraction of sp³-hybridized carbons (Fsp3) is 0.800. The summed E-state index contributed by atoms with van der Waals surface area (Å²) < 4.78 is 22.5. The lowest BCUT2D eigenvalue weighted by atomic mass is 9.97. The van der Waals surface area contributed by atoms with Crippen LogP contribution in [0.1, 0.15) is 19.8 Å². The lowest BCUT2D eigenvalue weighted by Gasteiger charge is -2.31. The molecule has 0 aromatic heterocycles. The Morgan fingerprint density at radius 2 is 1.76 bits per heavy atom. The summed E-state index contributed by atoms with van der Waals surface area (Å²) >= 11 is 0. The molecular formula is C10H17NO5S. The van der Waals surface area contributed by atoms with Crippen molar-refractivity contribution in [3.05, 3.63) is 0 Å². The molecule has 1 amide bonds. The van der Waals surface area contributed by atoms with E-state index in [4.69, 9.17) is 5.11 Å². The van der Waals surface area contributed by atoms with Gasteiger partial charge in [-0.05, 0) is 19.8 Å². The van der Waals surface area contributed by atoms with Gasteiger partial charge in [0.1, 0.15) is 5.25 Å². The molecule has 17 heavy (non-hydrogen) atoms. The van der Waals surface area contributed by atoms with Gasteiger partial charge in [0.15, 0.2) is 9.84 Å². The molecule has 1 aliphatic heterocycles. The van der Waals surface area contributed by atoms with Gasteiger partial charge in [-0.2, -0.15) is 0 Å². The van der Waals surface area contributed by atoms with E-state index in [1.54, 1.807) is 0 Å². The number of rotatable bonds is 3. The standard InChI is InChI=1S/C10H17NO5S/c1-7(17(2,15)16)9(12)11-5-3-8(4-6-11)10(13)14/h7-8H,3-6H2,1-2H3,(H,13,14). The summed E-state index contributed by atoms with van der Waals surface area (Å²) in [6.07, 6.45) is 1.80. The Morgan fingerprint density at radius 1 is 1.29 bits per heavy atom. The van der Waals surface area contributed by atoms with E-state index in [0.29, 0.717) is 25.9 Å². The SMILES string of the molecule is CC(C(=O)N1CCC(C(=O)O)CC1)S(C)(=O)=O. The second kappa shape index (κ2) is 5.03. The third-order valence-electron chi connectivity index (χ3n) is 3.15. The lowest BCUT2D eigenvalue weighted by molar-refractivity contribution is -0.145. The van der Waals surface area contributed by atoms with Crippen LogP contribution in [0.3, 0.4) is 0 Å². The number of likely N-dealkylation sites (tertiary alicyclic amines) is 1. The van der Waals surface area contributed by atoms with Crippen LogP contribution < -0.4 is 0 Å². The minimum Gasteiger partial charge on any atom is -0.481 e. The minimum absolute atomic E-state index is 0.315. The highest BCUT2D eigenvalue weighted by Gasteiger charge is 2.32. The van der Waals surface area contributed by atoms with Crippen LogP contribution in [0.2, 0.25) is 0 Å². The van der Waals surface area contributed by atoms with E-state index in [9.17, 15) is 18.0 Å². The van der Waals surface area contributed by atoms with Crippen LogP contribution in [-0.2, 0) is 19.4 Å². The van der Waals surface area contributed by atoms with Crippen LogP contribution in [0.15, 0.2) is 0 Å². The van der Waals surface area contributed by atoms with Gasteiger partial charge in [-0.3, -0.25) is 9.59 Å². The molecule has 1 saturated heterocycles. The van der Waals surface area contributed by atoms with Gasteiger partial charge in [0.05, 0.1) is 5.92 Å². The van der Waals surface area contributed by atoms with Crippen LogP contribution in [0.4, 0.5) is 0 Å². The first-order valence-corrected chi connectivity index (χ1v) is 7.39. The first-order valence-electron chi connectivity index (χ1n) is 5.44. The van der Waals surface area contributed by atoms with Crippen molar-refractivity contribution in [2.45, 2.75) is 25.0 Å². The van der Waals surface area contributed by atoms with Gasteiger partial charge in [0, 0.05) is 19.3 Å². The van der Waals surface area contributed by atoms with Crippen LogP contribution in [-0.4, -0.2) is 54.9 Å². The maximum Gasteiger partial charge on any atom is 0.306 e. The Balaban J connectivity index is 2.61. The largest absolute Gasteiger partial charge is 0.481 e. The van der Waals surface area contributed by atoms with Gasteiger partial charge in [-0.15, -0.1) is 0 Å². The molecule has 7 heteroatoms. The van der Waals surface area contributed by atoms with Crippen LogP contribution in [0.5, 0.6) is 0 Å². The molecule has 1 rings (SSSR count). The van der Waals surface area contributed by atoms with E-state index in [-0.39, 0.29) is 0 Å². The zero-order chi connectivity index (χ0) is 13.2. The van der Waals surface area contributed by atoms with Gasteiger partial charge in [0.2, 0.25) is 5.91 Å². The maximum absolute atomic E-state index is 11.8. The Kier molecular flexibility index (Phi) is 4.13. The van der Waals surface area contributed by atoms with E-state index in [1.807, 2.05) is 0 Å². The summed E-state index contributed by atoms with van der Waals surface area (Å²) in [4.78, 5) is 24.0. The van der Waals surface area contributed by atoms with E-state index in [0.717, 1.165) is 6.26 Å². The minimum atomic E-state index is -3.39. The predicted molar refractivity (Wildman–Crippen MR) is 61.2 cm³/mol. The smallest absolute Gasteiger partial charge is 0.306 e. The van der Waals surface area contributed by atoms with Crippen molar-refractivity contribution in [2.75, 3.05) is 19.3 Å². The van der Waals surface area contributed by atoms with Crippen LogP contribution in [0.25, 0.3) is 0 Å². The zero-order valence-corrected chi connectivity index (χ0v) is 10.7. The van der Waals surface area contributed by atoms with Crippen molar-refractivity contribution in [3.63, 3.8) is 0 Å². The molecule has 0 aromatic rings. The highest BCUT2D eigenvalue weighted by atomic mass is 32.2. The molecular weight excluding hydrogens is 246 g/mol. The summed E-state index contributed by atoms with van der Waals surface area (Å²) in [6.45, 7) is 1.99. The number of nitrogens with zero attached hydrogens (tertiary/aromatic N) is 1. The second-order valence-electron chi connectivity index (χ2n) is 4.41. The number of amides is 1. The van der Waals surface area contributed by atoms with Gasteiger partial charge in [0.25, 0.3) is 0 Å². The molecule has 0 saturated carbocycles.